The molecule has 5 heteroatoms. The third-order valence-corrected chi connectivity index (χ3v) is 1.81. The highest BCUT2D eigenvalue weighted by atomic mass is 19.4. The highest BCUT2D eigenvalue weighted by Crippen LogP contribution is 2.18. The largest absolute Gasteiger partial charge is 0.396 e. The van der Waals surface area contributed by atoms with E-state index in [1.807, 2.05) is 6.92 Å². The first kappa shape index (κ1) is 12.7. The number of aliphatic hydroxyl groups is 1. The molecule has 0 fully saturated rings. The zero-order valence-corrected chi connectivity index (χ0v) is 7.69. The summed E-state index contributed by atoms with van der Waals surface area (Å²) in [6.07, 6.45) is -3.66. The van der Waals surface area contributed by atoms with E-state index in [2.05, 4.69) is 5.32 Å². The van der Waals surface area contributed by atoms with Crippen LogP contribution in [0.1, 0.15) is 26.2 Å². The Balaban J connectivity index is 3.49. The molecular weight excluding hydrogens is 183 g/mol. The lowest BCUT2D eigenvalue weighted by Gasteiger charge is -2.16. The van der Waals surface area contributed by atoms with Gasteiger partial charge in [-0.3, -0.25) is 0 Å². The first-order valence-electron chi connectivity index (χ1n) is 4.40. The van der Waals surface area contributed by atoms with Gasteiger partial charge in [-0.15, -0.1) is 0 Å². The van der Waals surface area contributed by atoms with Crippen molar-refractivity contribution in [2.45, 2.75) is 38.4 Å². The molecule has 0 aliphatic heterocycles. The molecule has 0 heterocycles. The van der Waals surface area contributed by atoms with Crippen molar-refractivity contribution in [1.82, 2.24) is 5.32 Å². The van der Waals surface area contributed by atoms with Gasteiger partial charge in [0.25, 0.3) is 0 Å². The fourth-order valence-electron chi connectivity index (χ4n) is 1.02. The lowest BCUT2D eigenvalue weighted by Crippen LogP contribution is -2.32. The molecule has 2 nitrogen and oxygen atoms in total. The second-order valence-electron chi connectivity index (χ2n) is 2.94. The van der Waals surface area contributed by atoms with Crippen molar-refractivity contribution >= 4 is 0 Å². The number of hydrogen-bond acceptors (Lipinski definition) is 2. The van der Waals surface area contributed by atoms with Gasteiger partial charge in [-0.05, 0) is 12.8 Å². The van der Waals surface area contributed by atoms with E-state index in [1.165, 1.54) is 0 Å². The summed E-state index contributed by atoms with van der Waals surface area (Å²) < 4.78 is 35.1. The van der Waals surface area contributed by atoms with E-state index in [4.69, 9.17) is 5.11 Å². The van der Waals surface area contributed by atoms with E-state index in [0.29, 0.717) is 6.42 Å². The maximum atomic E-state index is 11.7. The van der Waals surface area contributed by atoms with E-state index in [1.54, 1.807) is 0 Å². The van der Waals surface area contributed by atoms with Crippen LogP contribution in [-0.4, -0.2) is 30.5 Å². The second-order valence-corrected chi connectivity index (χ2v) is 2.94. The SMILES string of the molecule is CCC(CCO)NCCC(F)(F)F. The van der Waals surface area contributed by atoms with Crippen molar-refractivity contribution in [3.05, 3.63) is 0 Å². The van der Waals surface area contributed by atoms with Crippen LogP contribution in [0.5, 0.6) is 0 Å². The van der Waals surface area contributed by atoms with Gasteiger partial charge < -0.3 is 10.4 Å². The standard InChI is InChI=1S/C8H16F3NO/c1-2-7(3-6-13)12-5-4-8(9,10)11/h7,12-13H,2-6H2,1H3. The van der Waals surface area contributed by atoms with Gasteiger partial charge in [0.15, 0.2) is 0 Å². The Morgan fingerprint density at radius 2 is 2.00 bits per heavy atom. The Labute approximate surface area is 76.1 Å². The maximum absolute atomic E-state index is 11.7. The zero-order chi connectivity index (χ0) is 10.3. The molecule has 0 saturated heterocycles. The van der Waals surface area contributed by atoms with Crippen LogP contribution in [0.15, 0.2) is 0 Å². The van der Waals surface area contributed by atoms with Crippen LogP contribution in [0.3, 0.4) is 0 Å². The van der Waals surface area contributed by atoms with E-state index in [-0.39, 0.29) is 19.2 Å². The molecule has 0 bridgehead atoms. The highest BCUT2D eigenvalue weighted by Gasteiger charge is 2.26. The summed E-state index contributed by atoms with van der Waals surface area (Å²) in [6, 6.07) is -0.00708. The lowest BCUT2D eigenvalue weighted by atomic mass is 10.1. The van der Waals surface area contributed by atoms with Crippen LogP contribution in [0.2, 0.25) is 0 Å². The van der Waals surface area contributed by atoms with Gasteiger partial charge in [0.2, 0.25) is 0 Å². The molecular formula is C8H16F3NO. The summed E-state index contributed by atoms with van der Waals surface area (Å²) in [7, 11) is 0. The highest BCUT2D eigenvalue weighted by molar-refractivity contribution is 4.65. The fourth-order valence-corrected chi connectivity index (χ4v) is 1.02. The number of hydrogen-bond donors (Lipinski definition) is 2. The lowest BCUT2D eigenvalue weighted by molar-refractivity contribution is -0.133. The van der Waals surface area contributed by atoms with Gasteiger partial charge in [0, 0.05) is 19.2 Å². The molecule has 0 saturated carbocycles. The normalized spacial score (nSPS) is 14.5. The van der Waals surface area contributed by atoms with Crippen LogP contribution in [0, 0.1) is 0 Å². The van der Waals surface area contributed by atoms with Gasteiger partial charge in [0.05, 0.1) is 6.42 Å². The smallest absolute Gasteiger partial charge is 0.390 e. The van der Waals surface area contributed by atoms with Gasteiger partial charge in [-0.2, -0.15) is 13.2 Å². The van der Waals surface area contributed by atoms with E-state index in [0.717, 1.165) is 6.42 Å². The Morgan fingerprint density at radius 1 is 1.38 bits per heavy atom. The molecule has 0 aliphatic rings. The van der Waals surface area contributed by atoms with Crippen LogP contribution >= 0.6 is 0 Å². The molecule has 1 unspecified atom stereocenters. The average molecular weight is 199 g/mol. The van der Waals surface area contributed by atoms with Crippen molar-refractivity contribution in [2.24, 2.45) is 0 Å². The number of alkyl halides is 3. The Bertz CT molecular complexity index is 127. The topological polar surface area (TPSA) is 32.3 Å². The van der Waals surface area contributed by atoms with E-state index < -0.39 is 12.6 Å². The molecule has 1 atom stereocenters. The predicted octanol–water partition coefficient (Wildman–Crippen LogP) is 1.69. The van der Waals surface area contributed by atoms with Crippen molar-refractivity contribution in [3.8, 4) is 0 Å². The Kier molecular flexibility index (Phi) is 6.07. The monoisotopic (exact) mass is 199 g/mol. The van der Waals surface area contributed by atoms with Gasteiger partial charge in [0.1, 0.15) is 0 Å². The molecule has 0 aromatic rings. The quantitative estimate of drug-likeness (QED) is 0.682. The van der Waals surface area contributed by atoms with Crippen LogP contribution in [0.25, 0.3) is 0 Å². The average Bonchev–Trinajstić information content (AvgIpc) is 2.01. The summed E-state index contributed by atoms with van der Waals surface area (Å²) in [5, 5.41) is 11.3. The first-order chi connectivity index (χ1) is 5.99. The molecule has 0 amide bonds. The van der Waals surface area contributed by atoms with Gasteiger partial charge in [-0.1, -0.05) is 6.92 Å². The molecule has 80 valence electrons. The number of halogens is 3. The van der Waals surface area contributed by atoms with Crippen molar-refractivity contribution in [3.63, 3.8) is 0 Å². The van der Waals surface area contributed by atoms with Gasteiger partial charge in [-0.25, -0.2) is 0 Å². The fraction of sp³-hybridized carbons (Fsp3) is 1.00. The molecule has 0 radical (unpaired) electrons. The maximum Gasteiger partial charge on any atom is 0.390 e. The minimum absolute atomic E-state index is 0.00708. The molecule has 0 aromatic carbocycles. The number of rotatable bonds is 6. The Hall–Kier alpha value is -0.290. The number of aliphatic hydroxyl groups excluding tert-OH is 1. The molecule has 0 rings (SSSR count). The van der Waals surface area contributed by atoms with Crippen LogP contribution in [0.4, 0.5) is 13.2 Å². The molecule has 0 aliphatic carbocycles. The third kappa shape index (κ3) is 8.05. The minimum Gasteiger partial charge on any atom is -0.396 e. The third-order valence-electron chi connectivity index (χ3n) is 1.81. The molecule has 0 spiro atoms. The molecule has 2 N–H and O–H groups in total. The summed E-state index contributed by atoms with van der Waals surface area (Å²) in [5.41, 5.74) is 0. The van der Waals surface area contributed by atoms with E-state index in [9.17, 15) is 13.2 Å². The summed E-state index contributed by atoms with van der Waals surface area (Å²) in [6.45, 7) is 1.82. The first-order valence-corrected chi connectivity index (χ1v) is 4.40. The van der Waals surface area contributed by atoms with E-state index >= 15 is 0 Å². The summed E-state index contributed by atoms with van der Waals surface area (Å²) >= 11 is 0. The summed E-state index contributed by atoms with van der Waals surface area (Å²) in [5.74, 6) is 0. The zero-order valence-electron chi connectivity index (χ0n) is 7.69. The second kappa shape index (κ2) is 6.21. The summed E-state index contributed by atoms with van der Waals surface area (Å²) in [4.78, 5) is 0. The molecule has 0 aromatic heterocycles. The van der Waals surface area contributed by atoms with Crippen molar-refractivity contribution < 1.29 is 18.3 Å². The molecule has 13 heavy (non-hydrogen) atoms. The van der Waals surface area contributed by atoms with Crippen LogP contribution < -0.4 is 5.32 Å². The minimum atomic E-state index is -4.09. The van der Waals surface area contributed by atoms with Crippen molar-refractivity contribution in [2.75, 3.05) is 13.2 Å². The van der Waals surface area contributed by atoms with Gasteiger partial charge >= 0.3 is 6.18 Å². The van der Waals surface area contributed by atoms with Crippen molar-refractivity contribution in [1.29, 1.82) is 0 Å². The Morgan fingerprint density at radius 3 is 2.38 bits per heavy atom. The van der Waals surface area contributed by atoms with Crippen LogP contribution in [-0.2, 0) is 0 Å². The predicted molar refractivity (Wildman–Crippen MR) is 44.5 cm³/mol. The number of nitrogens with one attached hydrogen (secondary N) is 1.